The second-order valence-corrected chi connectivity index (χ2v) is 5.80. The lowest BCUT2D eigenvalue weighted by Crippen LogP contribution is -2.38. The summed E-state index contributed by atoms with van der Waals surface area (Å²) in [6, 6.07) is 7.62. The summed E-state index contributed by atoms with van der Waals surface area (Å²) in [6.07, 6.45) is 0.0954. The summed E-state index contributed by atoms with van der Waals surface area (Å²) < 4.78 is 0. The Balaban J connectivity index is 2.04. The Morgan fingerprint density at radius 1 is 1.30 bits per heavy atom. The molecule has 1 heterocycles. The number of anilines is 1. The number of nitrogens with zero attached hydrogens (tertiary/aromatic N) is 2. The smallest absolute Gasteiger partial charge is 0.305 e. The maximum atomic E-state index is 12.5. The molecule has 1 fully saturated rings. The van der Waals surface area contributed by atoms with Crippen LogP contribution < -0.4 is 4.90 Å². The molecule has 1 aromatic carbocycles. The predicted octanol–water partition coefficient (Wildman–Crippen LogP) is 1.67. The van der Waals surface area contributed by atoms with Crippen LogP contribution in [0.1, 0.15) is 25.3 Å². The Bertz CT molecular complexity index is 597. The number of carboxylic acid groups (broad SMARTS) is 1. The summed E-state index contributed by atoms with van der Waals surface area (Å²) in [6.45, 7) is 4.77. The molecule has 0 radical (unpaired) electrons. The van der Waals surface area contributed by atoms with Gasteiger partial charge in [-0.3, -0.25) is 14.4 Å². The van der Waals surface area contributed by atoms with E-state index in [2.05, 4.69) is 0 Å². The number of aryl methyl sites for hydroxylation is 1. The molecule has 0 saturated carbocycles. The van der Waals surface area contributed by atoms with Crippen molar-refractivity contribution in [3.8, 4) is 0 Å². The fraction of sp³-hybridized carbons (Fsp3) is 0.471. The quantitative estimate of drug-likeness (QED) is 0.865. The second kappa shape index (κ2) is 7.26. The van der Waals surface area contributed by atoms with Gasteiger partial charge in [-0.05, 0) is 26.0 Å². The van der Waals surface area contributed by atoms with Gasteiger partial charge in [0.05, 0.1) is 12.3 Å². The Morgan fingerprint density at radius 3 is 2.52 bits per heavy atom. The molecule has 1 saturated heterocycles. The number of benzene rings is 1. The first-order valence-corrected chi connectivity index (χ1v) is 7.80. The maximum Gasteiger partial charge on any atom is 0.305 e. The average molecular weight is 318 g/mol. The first kappa shape index (κ1) is 17.0. The zero-order valence-electron chi connectivity index (χ0n) is 13.5. The molecule has 124 valence electrons. The van der Waals surface area contributed by atoms with Gasteiger partial charge in [0.15, 0.2) is 0 Å². The van der Waals surface area contributed by atoms with Crippen molar-refractivity contribution in [3.05, 3.63) is 29.8 Å². The number of carbonyl (C=O) groups is 3. The first-order valence-electron chi connectivity index (χ1n) is 7.80. The molecule has 0 aromatic heterocycles. The maximum absolute atomic E-state index is 12.5. The van der Waals surface area contributed by atoms with Crippen molar-refractivity contribution in [3.63, 3.8) is 0 Å². The molecule has 0 spiro atoms. The summed E-state index contributed by atoms with van der Waals surface area (Å²) in [7, 11) is 0. The van der Waals surface area contributed by atoms with Gasteiger partial charge in [0, 0.05) is 31.7 Å². The number of carbonyl (C=O) groups excluding carboxylic acids is 2. The Hall–Kier alpha value is -2.37. The number of hydrogen-bond donors (Lipinski definition) is 1. The van der Waals surface area contributed by atoms with Crippen LogP contribution in [0, 0.1) is 12.8 Å². The molecule has 0 aliphatic carbocycles. The van der Waals surface area contributed by atoms with Gasteiger partial charge in [-0.15, -0.1) is 0 Å². The number of carboxylic acids is 1. The predicted molar refractivity (Wildman–Crippen MR) is 86.1 cm³/mol. The van der Waals surface area contributed by atoms with Crippen molar-refractivity contribution in [2.45, 2.75) is 26.7 Å². The molecule has 1 N–H and O–H groups in total. The van der Waals surface area contributed by atoms with Gasteiger partial charge in [0.1, 0.15) is 0 Å². The van der Waals surface area contributed by atoms with E-state index >= 15 is 0 Å². The van der Waals surface area contributed by atoms with Gasteiger partial charge in [-0.25, -0.2) is 0 Å². The van der Waals surface area contributed by atoms with Gasteiger partial charge in [0.2, 0.25) is 11.8 Å². The number of amides is 2. The fourth-order valence-corrected chi connectivity index (χ4v) is 2.76. The minimum atomic E-state index is -0.931. The zero-order chi connectivity index (χ0) is 17.0. The zero-order valence-corrected chi connectivity index (χ0v) is 13.5. The molecule has 1 aliphatic heterocycles. The van der Waals surface area contributed by atoms with Gasteiger partial charge in [-0.2, -0.15) is 0 Å². The SMILES string of the molecule is CCN(CCC(=O)O)C(=O)C1CC(=O)N(c2ccc(C)cc2)C1. The highest BCUT2D eigenvalue weighted by Gasteiger charge is 2.36. The molecule has 2 rings (SSSR count). The third-order valence-electron chi connectivity index (χ3n) is 4.11. The summed E-state index contributed by atoms with van der Waals surface area (Å²) >= 11 is 0. The highest BCUT2D eigenvalue weighted by molar-refractivity contribution is 6.00. The van der Waals surface area contributed by atoms with Crippen molar-refractivity contribution >= 4 is 23.5 Å². The van der Waals surface area contributed by atoms with Crippen LogP contribution in [0.15, 0.2) is 24.3 Å². The van der Waals surface area contributed by atoms with Crippen LogP contribution >= 0.6 is 0 Å². The van der Waals surface area contributed by atoms with Crippen LogP contribution in [-0.2, 0) is 14.4 Å². The Morgan fingerprint density at radius 2 is 1.96 bits per heavy atom. The topological polar surface area (TPSA) is 77.9 Å². The van der Waals surface area contributed by atoms with E-state index in [4.69, 9.17) is 5.11 Å². The summed E-state index contributed by atoms with van der Waals surface area (Å²) in [5.41, 5.74) is 1.91. The van der Waals surface area contributed by atoms with E-state index < -0.39 is 11.9 Å². The highest BCUT2D eigenvalue weighted by atomic mass is 16.4. The van der Waals surface area contributed by atoms with Crippen molar-refractivity contribution in [1.29, 1.82) is 0 Å². The lowest BCUT2D eigenvalue weighted by atomic mass is 10.1. The first-order chi connectivity index (χ1) is 10.9. The summed E-state index contributed by atoms with van der Waals surface area (Å²) in [4.78, 5) is 38.6. The average Bonchev–Trinajstić information content (AvgIpc) is 2.90. The van der Waals surface area contributed by atoms with Gasteiger partial charge in [-0.1, -0.05) is 17.7 Å². The molecular formula is C17H22N2O4. The lowest BCUT2D eigenvalue weighted by molar-refractivity contribution is -0.139. The minimum absolute atomic E-state index is 0.0681. The third-order valence-corrected chi connectivity index (χ3v) is 4.11. The molecule has 2 amide bonds. The van der Waals surface area contributed by atoms with E-state index in [1.807, 2.05) is 38.1 Å². The van der Waals surface area contributed by atoms with Crippen molar-refractivity contribution in [2.24, 2.45) is 5.92 Å². The second-order valence-electron chi connectivity index (χ2n) is 5.80. The Kier molecular flexibility index (Phi) is 5.36. The van der Waals surface area contributed by atoms with E-state index in [0.29, 0.717) is 13.1 Å². The number of rotatable bonds is 6. The number of aliphatic carboxylic acids is 1. The minimum Gasteiger partial charge on any atom is -0.481 e. The van der Waals surface area contributed by atoms with Crippen LogP contribution in [0.3, 0.4) is 0 Å². The molecule has 0 bridgehead atoms. The van der Waals surface area contributed by atoms with E-state index in [1.54, 1.807) is 4.90 Å². The molecule has 1 aliphatic rings. The van der Waals surface area contributed by atoms with Crippen LogP contribution in [0.5, 0.6) is 0 Å². The van der Waals surface area contributed by atoms with Gasteiger partial charge >= 0.3 is 5.97 Å². The largest absolute Gasteiger partial charge is 0.481 e. The van der Waals surface area contributed by atoms with Crippen molar-refractivity contribution in [2.75, 3.05) is 24.5 Å². The van der Waals surface area contributed by atoms with Crippen LogP contribution in [-0.4, -0.2) is 47.4 Å². The normalized spacial score (nSPS) is 17.4. The summed E-state index contributed by atoms with van der Waals surface area (Å²) in [5, 5.41) is 8.76. The van der Waals surface area contributed by atoms with E-state index in [9.17, 15) is 14.4 Å². The Labute approximate surface area is 135 Å². The molecule has 1 atom stereocenters. The highest BCUT2D eigenvalue weighted by Crippen LogP contribution is 2.26. The number of hydrogen-bond acceptors (Lipinski definition) is 3. The summed E-state index contributed by atoms with van der Waals surface area (Å²) in [5.74, 6) is -1.55. The van der Waals surface area contributed by atoms with Crippen LogP contribution in [0.2, 0.25) is 0 Å². The molecular weight excluding hydrogens is 296 g/mol. The van der Waals surface area contributed by atoms with Crippen molar-refractivity contribution < 1.29 is 19.5 Å². The monoisotopic (exact) mass is 318 g/mol. The molecule has 1 aromatic rings. The van der Waals surface area contributed by atoms with E-state index in [1.165, 1.54) is 4.90 Å². The van der Waals surface area contributed by atoms with E-state index in [-0.39, 0.29) is 31.2 Å². The molecule has 6 heteroatoms. The fourth-order valence-electron chi connectivity index (χ4n) is 2.76. The van der Waals surface area contributed by atoms with Gasteiger partial charge in [0.25, 0.3) is 0 Å². The molecule has 6 nitrogen and oxygen atoms in total. The van der Waals surface area contributed by atoms with Crippen molar-refractivity contribution in [1.82, 2.24) is 4.90 Å². The van der Waals surface area contributed by atoms with E-state index in [0.717, 1.165) is 11.3 Å². The van der Waals surface area contributed by atoms with Gasteiger partial charge < -0.3 is 14.9 Å². The molecule has 1 unspecified atom stereocenters. The third kappa shape index (κ3) is 4.09. The lowest BCUT2D eigenvalue weighted by Gasteiger charge is -2.23. The van der Waals surface area contributed by atoms with Crippen LogP contribution in [0.4, 0.5) is 5.69 Å². The van der Waals surface area contributed by atoms with Crippen LogP contribution in [0.25, 0.3) is 0 Å². The standard InChI is InChI=1S/C17H22N2O4/c1-3-18(9-8-16(21)22)17(23)13-10-15(20)19(11-13)14-6-4-12(2)5-7-14/h4-7,13H,3,8-11H2,1-2H3,(H,21,22). The molecule has 23 heavy (non-hydrogen) atoms.